The summed E-state index contributed by atoms with van der Waals surface area (Å²) in [5.41, 5.74) is 1.54. The first kappa shape index (κ1) is 19.6. The van der Waals surface area contributed by atoms with Crippen LogP contribution < -0.4 is 0 Å². The van der Waals surface area contributed by atoms with Crippen LogP contribution in [-0.2, 0) is 14.3 Å². The molecule has 0 aromatic heterocycles. The second-order valence-electron chi connectivity index (χ2n) is 9.14. The fourth-order valence-corrected chi connectivity index (χ4v) is 5.62. The van der Waals surface area contributed by atoms with Gasteiger partial charge in [0.2, 0.25) is 0 Å². The van der Waals surface area contributed by atoms with Gasteiger partial charge in [0.15, 0.2) is 0 Å². The average Bonchev–Trinajstić information content (AvgIpc) is 2.90. The van der Waals surface area contributed by atoms with Gasteiger partial charge in [-0.1, -0.05) is 30.7 Å². The van der Waals surface area contributed by atoms with Gasteiger partial charge in [0, 0.05) is 18.8 Å². The molecule has 4 nitrogen and oxygen atoms in total. The van der Waals surface area contributed by atoms with E-state index in [9.17, 15) is 9.90 Å². The number of fused-ring (bicyclic) bond motifs is 5. The smallest absolute Gasteiger partial charge is 0.302 e. The molecule has 1 saturated carbocycles. The number of hydrogen-bond donors (Lipinski definition) is 1. The van der Waals surface area contributed by atoms with Crippen molar-refractivity contribution in [2.75, 3.05) is 0 Å². The summed E-state index contributed by atoms with van der Waals surface area (Å²) in [6.45, 7) is 14.0. The zero-order valence-electron chi connectivity index (χ0n) is 16.8. The minimum atomic E-state index is -0.895. The molecule has 1 aliphatic carbocycles. The van der Waals surface area contributed by atoms with E-state index in [1.54, 1.807) is 0 Å². The quantitative estimate of drug-likeness (QED) is 0.595. The van der Waals surface area contributed by atoms with E-state index < -0.39 is 5.60 Å². The molecule has 8 atom stereocenters. The lowest BCUT2D eigenvalue weighted by atomic mass is 9.60. The zero-order chi connectivity index (χ0) is 19.2. The Kier molecular flexibility index (Phi) is 5.38. The van der Waals surface area contributed by atoms with Crippen molar-refractivity contribution in [3.63, 3.8) is 0 Å². The fourth-order valence-electron chi connectivity index (χ4n) is 5.62. The molecule has 2 bridgehead atoms. The van der Waals surface area contributed by atoms with Crippen molar-refractivity contribution >= 4 is 5.97 Å². The molecule has 1 saturated heterocycles. The average molecular weight is 363 g/mol. The summed E-state index contributed by atoms with van der Waals surface area (Å²) < 4.78 is 12.4. The first-order valence-corrected chi connectivity index (χ1v) is 9.98. The van der Waals surface area contributed by atoms with Gasteiger partial charge in [-0.25, -0.2) is 0 Å². The third-order valence-corrected chi connectivity index (χ3v) is 6.79. The van der Waals surface area contributed by atoms with Crippen molar-refractivity contribution in [2.45, 2.75) is 84.2 Å². The Morgan fingerprint density at radius 2 is 2.08 bits per heavy atom. The summed E-state index contributed by atoms with van der Waals surface area (Å²) in [4.78, 5) is 11.8. The number of hydrogen-bond acceptors (Lipinski definition) is 4. The Bertz CT molecular complexity index is 605. The lowest BCUT2D eigenvalue weighted by Crippen LogP contribution is -2.52. The molecule has 0 aromatic carbocycles. The SMILES string of the molecule is C=C(C)[C@H]1C[C@H](C)[C@H](OC(C)=O)[C@H]2[C@@H]1[C@H]1O[C@@H]2C/C(C)=C\CC[C@@]1(C)O. The van der Waals surface area contributed by atoms with Crippen LogP contribution in [0.5, 0.6) is 0 Å². The molecule has 4 heteroatoms. The van der Waals surface area contributed by atoms with Crippen LogP contribution >= 0.6 is 0 Å². The van der Waals surface area contributed by atoms with E-state index in [1.807, 2.05) is 6.92 Å². The van der Waals surface area contributed by atoms with Gasteiger partial charge in [-0.05, 0) is 58.3 Å². The molecule has 0 amide bonds. The second-order valence-corrected chi connectivity index (χ2v) is 9.14. The molecule has 2 heterocycles. The highest BCUT2D eigenvalue weighted by atomic mass is 16.6. The maximum Gasteiger partial charge on any atom is 0.302 e. The highest BCUT2D eigenvalue weighted by Crippen LogP contribution is 2.55. The van der Waals surface area contributed by atoms with Crippen molar-refractivity contribution in [2.24, 2.45) is 23.7 Å². The minimum Gasteiger partial charge on any atom is -0.462 e. The van der Waals surface area contributed by atoms with Gasteiger partial charge in [0.1, 0.15) is 6.10 Å². The maximum absolute atomic E-state index is 11.8. The summed E-state index contributed by atoms with van der Waals surface area (Å²) in [6.07, 6.45) is 5.09. The molecular formula is C22H34O4. The summed E-state index contributed by atoms with van der Waals surface area (Å²) in [6, 6.07) is 0. The number of carbonyl (C=O) groups is 1. The third-order valence-electron chi connectivity index (χ3n) is 6.79. The molecular weight excluding hydrogens is 328 g/mol. The van der Waals surface area contributed by atoms with Crippen LogP contribution in [0.25, 0.3) is 0 Å². The topological polar surface area (TPSA) is 55.8 Å². The van der Waals surface area contributed by atoms with E-state index in [0.29, 0.717) is 6.42 Å². The van der Waals surface area contributed by atoms with Gasteiger partial charge in [0.25, 0.3) is 0 Å². The zero-order valence-corrected chi connectivity index (χ0v) is 16.8. The van der Waals surface area contributed by atoms with Gasteiger partial charge in [-0.15, -0.1) is 0 Å². The van der Waals surface area contributed by atoms with Crippen LogP contribution in [0.4, 0.5) is 0 Å². The molecule has 3 aliphatic rings. The van der Waals surface area contributed by atoms with E-state index in [-0.39, 0.29) is 48.0 Å². The maximum atomic E-state index is 11.8. The van der Waals surface area contributed by atoms with Crippen LogP contribution in [0.3, 0.4) is 0 Å². The molecule has 3 rings (SSSR count). The number of aliphatic hydroxyl groups is 1. The van der Waals surface area contributed by atoms with E-state index in [4.69, 9.17) is 9.47 Å². The minimum absolute atomic E-state index is 0.0280. The Morgan fingerprint density at radius 3 is 2.69 bits per heavy atom. The number of ether oxygens (including phenoxy) is 2. The first-order valence-electron chi connectivity index (χ1n) is 9.98. The van der Waals surface area contributed by atoms with Gasteiger partial charge in [-0.2, -0.15) is 0 Å². The van der Waals surface area contributed by atoms with Crippen LogP contribution in [0.2, 0.25) is 0 Å². The largest absolute Gasteiger partial charge is 0.462 e. The van der Waals surface area contributed by atoms with Crippen molar-refractivity contribution in [1.82, 2.24) is 0 Å². The normalized spacial score (nSPS) is 47.6. The summed E-state index contributed by atoms with van der Waals surface area (Å²) in [5.74, 6) is 0.541. The molecule has 1 N–H and O–H groups in total. The first-order chi connectivity index (χ1) is 12.1. The highest BCUT2D eigenvalue weighted by Gasteiger charge is 2.60. The number of allylic oxidation sites excluding steroid dienone is 2. The molecule has 0 spiro atoms. The third kappa shape index (κ3) is 3.50. The second kappa shape index (κ2) is 7.12. The Labute approximate surface area is 157 Å². The molecule has 0 unspecified atom stereocenters. The van der Waals surface area contributed by atoms with Crippen molar-refractivity contribution in [3.8, 4) is 0 Å². The summed E-state index contributed by atoms with van der Waals surface area (Å²) >= 11 is 0. The van der Waals surface area contributed by atoms with Crippen molar-refractivity contribution in [1.29, 1.82) is 0 Å². The summed E-state index contributed by atoms with van der Waals surface area (Å²) in [5, 5.41) is 11.3. The van der Waals surface area contributed by atoms with E-state index in [1.165, 1.54) is 12.5 Å². The lowest BCUT2D eigenvalue weighted by Gasteiger charge is -2.46. The number of carbonyl (C=O) groups excluding carboxylic acids is 1. The lowest BCUT2D eigenvalue weighted by molar-refractivity contribution is -0.159. The number of rotatable bonds is 2. The van der Waals surface area contributed by atoms with E-state index in [2.05, 4.69) is 33.4 Å². The number of esters is 1. The van der Waals surface area contributed by atoms with Crippen LogP contribution in [0, 0.1) is 23.7 Å². The van der Waals surface area contributed by atoms with Gasteiger partial charge >= 0.3 is 5.97 Å². The Morgan fingerprint density at radius 1 is 1.38 bits per heavy atom. The predicted molar refractivity (Wildman–Crippen MR) is 102 cm³/mol. The van der Waals surface area contributed by atoms with Crippen molar-refractivity contribution < 1.29 is 19.4 Å². The van der Waals surface area contributed by atoms with Crippen molar-refractivity contribution in [3.05, 3.63) is 23.8 Å². The fraction of sp³-hybridized carbons (Fsp3) is 0.773. The molecule has 26 heavy (non-hydrogen) atoms. The molecule has 2 fully saturated rings. The Balaban J connectivity index is 2.06. The van der Waals surface area contributed by atoms with Crippen LogP contribution in [0.15, 0.2) is 23.8 Å². The van der Waals surface area contributed by atoms with Crippen LogP contribution in [0.1, 0.15) is 60.3 Å². The molecule has 2 aliphatic heterocycles. The summed E-state index contributed by atoms with van der Waals surface area (Å²) in [7, 11) is 0. The van der Waals surface area contributed by atoms with Gasteiger partial charge < -0.3 is 14.6 Å². The Hall–Kier alpha value is -1.13. The standard InChI is InChI=1S/C22H34O4/c1-12(2)16-11-14(4)20(25-15(5)23)19-17-10-13(3)8-7-9-22(6,24)21(26-17)18(16)19/h8,14,16-21,24H,1,7,9-11H2,2-6H3/b13-8-/t14-,16+,17+,18+,19+,20-,21+,22+/m0/s1. The van der Waals surface area contributed by atoms with E-state index in [0.717, 1.165) is 24.8 Å². The monoisotopic (exact) mass is 362 g/mol. The van der Waals surface area contributed by atoms with Gasteiger partial charge in [-0.3, -0.25) is 4.79 Å². The molecule has 146 valence electrons. The van der Waals surface area contributed by atoms with Crippen LogP contribution in [-0.4, -0.2) is 35.0 Å². The van der Waals surface area contributed by atoms with E-state index >= 15 is 0 Å². The highest BCUT2D eigenvalue weighted by molar-refractivity contribution is 5.66. The van der Waals surface area contributed by atoms with Gasteiger partial charge in [0.05, 0.1) is 17.8 Å². The molecule has 0 radical (unpaired) electrons. The predicted octanol–water partition coefficient (Wildman–Crippen LogP) is 4.03. The molecule has 0 aromatic rings.